The van der Waals surface area contributed by atoms with Gasteiger partial charge in [-0.3, -0.25) is 4.57 Å². The van der Waals surface area contributed by atoms with Crippen LogP contribution in [0, 0.1) is 37.9 Å². The number of carboxylic acid groups (broad SMARTS) is 1. The molecule has 0 fully saturated rings. The quantitative estimate of drug-likeness (QED) is 0.123. The molecule has 4 rings (SSSR count). The third-order valence-electron chi connectivity index (χ3n) is 8.44. The van der Waals surface area contributed by atoms with Crippen molar-refractivity contribution in [2.45, 2.75) is 47.6 Å². The maximum atomic E-state index is 14.5. The number of hydrogen-bond donors (Lipinski definition) is 1. The average Bonchev–Trinajstić information content (AvgIpc) is 3.01. The number of aliphatic carboxylic acids is 1. The Morgan fingerprint density at radius 2 is 1.50 bits per heavy atom. The van der Waals surface area contributed by atoms with Crippen LogP contribution >= 0.6 is 7.37 Å². The van der Waals surface area contributed by atoms with Crippen molar-refractivity contribution in [1.82, 2.24) is 0 Å². The molecule has 0 aliphatic carbocycles. The van der Waals surface area contributed by atoms with E-state index in [0.29, 0.717) is 5.56 Å². The monoisotopic (exact) mass is 658 g/mol. The summed E-state index contributed by atoms with van der Waals surface area (Å²) in [6.45, 7) is 11.5. The molecule has 8 heteroatoms. The third-order valence-corrected chi connectivity index (χ3v) is 13.1. The number of halogens is 1. The van der Waals surface area contributed by atoms with Crippen LogP contribution in [-0.4, -0.2) is 39.5 Å². The summed E-state index contributed by atoms with van der Waals surface area (Å²) in [5.41, 5.74) is 4.54. The Morgan fingerprint density at radius 3 is 2.00 bits per heavy atom. The second kappa shape index (κ2) is 14.9. The molecule has 0 spiro atoms. The van der Waals surface area contributed by atoms with Crippen molar-refractivity contribution in [1.29, 1.82) is 0 Å². The van der Waals surface area contributed by atoms with Gasteiger partial charge in [-0.25, -0.2) is 9.18 Å². The van der Waals surface area contributed by atoms with Crippen molar-refractivity contribution in [3.8, 4) is 11.1 Å². The van der Waals surface area contributed by atoms with Gasteiger partial charge in [0.1, 0.15) is 11.9 Å². The lowest BCUT2D eigenvalue weighted by molar-refractivity contribution is -0.149. The maximum absolute atomic E-state index is 14.5. The van der Waals surface area contributed by atoms with E-state index < -0.39 is 39.8 Å². The van der Waals surface area contributed by atoms with Crippen LogP contribution in [0.15, 0.2) is 96.8 Å². The molecular weight excluding hydrogens is 614 g/mol. The molecule has 0 aliphatic rings. The maximum Gasteiger partial charge on any atom is 0.331 e. The fourth-order valence-corrected chi connectivity index (χ4v) is 10.3. The third kappa shape index (κ3) is 8.59. The summed E-state index contributed by atoms with van der Waals surface area (Å²) in [4.78, 5) is 13.0. The van der Waals surface area contributed by atoms with E-state index in [1.54, 1.807) is 30.9 Å². The molecule has 0 heterocycles. The first kappa shape index (κ1) is 35.2. The van der Waals surface area contributed by atoms with Gasteiger partial charge in [0.2, 0.25) is 16.4 Å². The van der Waals surface area contributed by atoms with Crippen LogP contribution < -0.4 is 10.4 Å². The summed E-state index contributed by atoms with van der Waals surface area (Å²) in [6.07, 6.45) is 0.545. The number of aryl methyl sites for hydroxylation is 3. The first-order chi connectivity index (χ1) is 21.7. The Bertz CT molecular complexity index is 1690. The van der Waals surface area contributed by atoms with E-state index >= 15 is 0 Å². The molecular formula is C38H44FO5PSi. The summed E-state index contributed by atoms with van der Waals surface area (Å²) in [6, 6.07) is 28.5. The van der Waals surface area contributed by atoms with Crippen LogP contribution in [0.3, 0.4) is 0 Å². The second-order valence-corrected chi connectivity index (χ2v) is 17.8. The van der Waals surface area contributed by atoms with E-state index in [9.17, 15) is 18.9 Å². The summed E-state index contributed by atoms with van der Waals surface area (Å²) < 4.78 is 41.0. The van der Waals surface area contributed by atoms with Crippen LogP contribution in [0.4, 0.5) is 4.39 Å². The Kier molecular flexibility index (Phi) is 11.4. The second-order valence-electron chi connectivity index (χ2n) is 13.0. The lowest BCUT2D eigenvalue weighted by Gasteiger charge is -2.38. The van der Waals surface area contributed by atoms with E-state index in [-0.39, 0.29) is 12.0 Å². The van der Waals surface area contributed by atoms with E-state index in [4.69, 9.17) is 8.95 Å². The molecule has 0 amide bonds. The summed E-state index contributed by atoms with van der Waals surface area (Å²) in [7, 11) is -4.58. The molecule has 0 radical (unpaired) electrons. The normalized spacial score (nSPS) is 14.7. The average molecular weight is 659 g/mol. The van der Waals surface area contributed by atoms with Crippen molar-refractivity contribution >= 4 is 38.8 Å². The van der Waals surface area contributed by atoms with Gasteiger partial charge in [0.15, 0.2) is 0 Å². The highest BCUT2D eigenvalue weighted by atomic mass is 31.2. The molecule has 0 aliphatic heterocycles. The molecule has 242 valence electrons. The smallest absolute Gasteiger partial charge is 0.331 e. The summed E-state index contributed by atoms with van der Waals surface area (Å²) in [5, 5.41) is 12.5. The van der Waals surface area contributed by atoms with Gasteiger partial charge in [-0.05, 0) is 82.6 Å². The zero-order valence-electron chi connectivity index (χ0n) is 27.7. The van der Waals surface area contributed by atoms with Gasteiger partial charge in [-0.15, -0.1) is 0 Å². The van der Waals surface area contributed by atoms with Gasteiger partial charge in [0.25, 0.3) is 0 Å². The van der Waals surface area contributed by atoms with Crippen molar-refractivity contribution in [2.75, 3.05) is 13.3 Å². The topological polar surface area (TPSA) is 72.8 Å². The highest BCUT2D eigenvalue weighted by Crippen LogP contribution is 2.53. The highest BCUT2D eigenvalue weighted by molar-refractivity contribution is 7.62. The zero-order chi connectivity index (χ0) is 33.6. The molecule has 0 bridgehead atoms. The predicted molar refractivity (Wildman–Crippen MR) is 189 cm³/mol. The minimum Gasteiger partial charge on any atom is -0.479 e. The Labute approximate surface area is 274 Å². The predicted octanol–water partition coefficient (Wildman–Crippen LogP) is 7.98. The van der Waals surface area contributed by atoms with E-state index in [2.05, 4.69) is 0 Å². The van der Waals surface area contributed by atoms with E-state index in [1.165, 1.54) is 13.2 Å². The largest absolute Gasteiger partial charge is 0.479 e. The minimum absolute atomic E-state index is 0.0267. The molecule has 2 unspecified atom stereocenters. The van der Waals surface area contributed by atoms with Crippen molar-refractivity contribution in [2.24, 2.45) is 11.3 Å². The molecule has 1 N–H and O–H groups in total. The molecule has 0 saturated carbocycles. The number of carbonyl (C=O) groups is 1. The van der Waals surface area contributed by atoms with Crippen LogP contribution in [0.5, 0.6) is 0 Å². The first-order valence-electron chi connectivity index (χ1n) is 15.4. The Morgan fingerprint density at radius 1 is 0.913 bits per heavy atom. The molecule has 4 aromatic rings. The lowest BCUT2D eigenvalue weighted by atomic mass is 9.78. The molecule has 0 aromatic heterocycles. The first-order valence-corrected chi connectivity index (χ1v) is 18.9. The fraction of sp³-hybridized carbons (Fsp3) is 0.289. The fourth-order valence-electron chi connectivity index (χ4n) is 5.81. The van der Waals surface area contributed by atoms with Gasteiger partial charge in [0, 0.05) is 25.0 Å². The van der Waals surface area contributed by atoms with Crippen LogP contribution in [0.1, 0.15) is 43.0 Å². The van der Waals surface area contributed by atoms with Crippen molar-refractivity contribution in [3.63, 3.8) is 0 Å². The molecule has 46 heavy (non-hydrogen) atoms. The van der Waals surface area contributed by atoms with Gasteiger partial charge >= 0.3 is 5.97 Å². The van der Waals surface area contributed by atoms with Gasteiger partial charge < -0.3 is 14.1 Å². The zero-order valence-corrected chi connectivity index (χ0v) is 29.7. The molecule has 3 atom stereocenters. The van der Waals surface area contributed by atoms with Crippen LogP contribution in [0.2, 0.25) is 0 Å². The van der Waals surface area contributed by atoms with E-state index in [1.807, 2.05) is 107 Å². The minimum atomic E-state index is -3.53. The lowest BCUT2D eigenvalue weighted by Crippen LogP contribution is -2.52. The van der Waals surface area contributed by atoms with E-state index in [0.717, 1.165) is 38.2 Å². The highest BCUT2D eigenvalue weighted by Gasteiger charge is 2.43. The number of hydrogen-bond acceptors (Lipinski definition) is 4. The van der Waals surface area contributed by atoms with Crippen LogP contribution in [0.25, 0.3) is 17.2 Å². The summed E-state index contributed by atoms with van der Waals surface area (Å²) in [5.74, 6) is -0.436. The number of benzene rings is 4. The Balaban J connectivity index is 1.74. The molecule has 0 saturated heterocycles. The number of carboxylic acids is 1. The van der Waals surface area contributed by atoms with Gasteiger partial charge in [0.05, 0.1) is 0 Å². The SMILES string of the molecule is COP(=O)(C=Cc1c(C)cc(C)cc1-c1ccc(F)c(C)c1)CC([C@H](O[SiH](c1ccccc1)c1ccccc1)C(=O)O)C(C)(C)C. The number of rotatable bonds is 12. The molecule has 4 aromatic carbocycles. The van der Waals surface area contributed by atoms with Crippen molar-refractivity contribution in [3.05, 3.63) is 125 Å². The Hall–Kier alpha value is -3.61. The van der Waals surface area contributed by atoms with Gasteiger partial charge in [-0.2, -0.15) is 0 Å². The molecule has 5 nitrogen and oxygen atoms in total. The summed E-state index contributed by atoms with van der Waals surface area (Å²) >= 11 is 0. The van der Waals surface area contributed by atoms with Crippen LogP contribution in [-0.2, 0) is 18.3 Å². The van der Waals surface area contributed by atoms with Gasteiger partial charge in [-0.1, -0.05) is 105 Å². The van der Waals surface area contributed by atoms with Crippen molar-refractivity contribution < 1.29 is 27.8 Å². The standard InChI is InChI=1S/C38H44FO5PSi/c1-26-22-27(2)32(33(23-26)29-18-19-35(39)28(3)24-29)20-21-45(42,43-7)25-34(38(4,5)6)36(37(40)41)44-46(30-14-10-8-11-15-30)31-16-12-9-13-17-31/h8-24,34,36,46H,25H2,1-7H3,(H,40,41)/t34?,36-,45?/m0/s1.